The van der Waals surface area contributed by atoms with Gasteiger partial charge in [0.25, 0.3) is 0 Å². The summed E-state index contributed by atoms with van der Waals surface area (Å²) in [5, 5.41) is 0. The molecule has 1 fully saturated rings. The van der Waals surface area contributed by atoms with Crippen LogP contribution < -0.4 is 0 Å². The van der Waals surface area contributed by atoms with Crippen LogP contribution in [0.4, 0.5) is 0 Å². The summed E-state index contributed by atoms with van der Waals surface area (Å²) in [6, 6.07) is 25.2. The standard InChI is InChI=1S/C29H28O9/c1-33-29(34-2)25-24(38-28(32)21-16-10-5-11-17-21)23(37-27(31)20-14-8-4-9-15-20)22(36-25)18-35-26(30)19-12-6-3-7-13-19/h3-17,22-25,29H,18H2,1-2H3/t22-,23+,24+,25+/m1/s1. The molecule has 4 rings (SSSR count). The molecule has 1 aliphatic heterocycles. The first-order valence-corrected chi connectivity index (χ1v) is 12.0. The average Bonchev–Trinajstić information content (AvgIpc) is 3.29. The molecule has 9 heteroatoms. The number of carbonyl (C=O) groups excluding carboxylic acids is 3. The van der Waals surface area contributed by atoms with Gasteiger partial charge in [-0.15, -0.1) is 0 Å². The van der Waals surface area contributed by atoms with Crippen molar-refractivity contribution in [3.05, 3.63) is 108 Å². The Bertz CT molecular complexity index is 1200. The van der Waals surface area contributed by atoms with E-state index in [9.17, 15) is 14.4 Å². The highest BCUT2D eigenvalue weighted by molar-refractivity contribution is 5.91. The van der Waals surface area contributed by atoms with E-state index in [4.69, 9.17) is 28.4 Å². The van der Waals surface area contributed by atoms with E-state index in [0.717, 1.165) is 0 Å². The third-order valence-corrected chi connectivity index (χ3v) is 5.97. The van der Waals surface area contributed by atoms with Crippen LogP contribution in [0.1, 0.15) is 31.1 Å². The van der Waals surface area contributed by atoms with Crippen molar-refractivity contribution in [2.24, 2.45) is 0 Å². The summed E-state index contributed by atoms with van der Waals surface area (Å²) in [6.45, 7) is -0.281. The summed E-state index contributed by atoms with van der Waals surface area (Å²) < 4.78 is 34.0. The van der Waals surface area contributed by atoms with E-state index in [1.165, 1.54) is 14.2 Å². The fourth-order valence-corrected chi connectivity index (χ4v) is 4.10. The third-order valence-electron chi connectivity index (χ3n) is 5.97. The molecule has 3 aromatic carbocycles. The van der Waals surface area contributed by atoms with Gasteiger partial charge in [-0.05, 0) is 36.4 Å². The first-order chi connectivity index (χ1) is 18.5. The third kappa shape index (κ3) is 6.44. The maximum Gasteiger partial charge on any atom is 0.338 e. The summed E-state index contributed by atoms with van der Waals surface area (Å²) in [4.78, 5) is 38.7. The highest BCUT2D eigenvalue weighted by Gasteiger charge is 2.53. The van der Waals surface area contributed by atoms with Crippen molar-refractivity contribution in [2.45, 2.75) is 30.7 Å². The molecule has 0 saturated carbocycles. The summed E-state index contributed by atoms with van der Waals surface area (Å²) in [6.07, 6.45) is -5.23. The molecule has 4 atom stereocenters. The molecule has 198 valence electrons. The molecule has 0 aromatic heterocycles. The normalized spacial score (nSPS) is 20.6. The van der Waals surface area contributed by atoms with Crippen molar-refractivity contribution in [1.82, 2.24) is 0 Å². The molecular formula is C29H28O9. The summed E-state index contributed by atoms with van der Waals surface area (Å²) >= 11 is 0. The SMILES string of the molecule is COC(OC)[C@H]1O[C@H](COC(=O)c2ccccc2)[C@H](OC(=O)c2ccccc2)[C@@H]1OC(=O)c1ccccc1. The van der Waals surface area contributed by atoms with E-state index in [1.54, 1.807) is 91.0 Å². The molecule has 0 amide bonds. The van der Waals surface area contributed by atoms with Gasteiger partial charge in [-0.2, -0.15) is 0 Å². The van der Waals surface area contributed by atoms with Crippen LogP contribution in [0.2, 0.25) is 0 Å². The molecule has 0 N–H and O–H groups in total. The molecule has 0 radical (unpaired) electrons. The summed E-state index contributed by atoms with van der Waals surface area (Å²) in [7, 11) is 2.81. The van der Waals surface area contributed by atoms with Gasteiger partial charge in [0.2, 0.25) is 0 Å². The zero-order valence-corrected chi connectivity index (χ0v) is 20.9. The zero-order valence-electron chi connectivity index (χ0n) is 20.9. The second kappa shape index (κ2) is 13.0. The van der Waals surface area contributed by atoms with Crippen LogP contribution in [0.15, 0.2) is 91.0 Å². The Morgan fingerprint density at radius 3 is 1.53 bits per heavy atom. The average molecular weight is 521 g/mol. The number of carbonyl (C=O) groups is 3. The maximum atomic E-state index is 13.0. The predicted octanol–water partition coefficient (Wildman–Crippen LogP) is 3.68. The van der Waals surface area contributed by atoms with Gasteiger partial charge >= 0.3 is 17.9 Å². The van der Waals surface area contributed by atoms with Crippen LogP contribution in [0.3, 0.4) is 0 Å². The van der Waals surface area contributed by atoms with Gasteiger partial charge in [0.15, 0.2) is 18.5 Å². The van der Waals surface area contributed by atoms with Gasteiger partial charge in [-0.25, -0.2) is 14.4 Å². The van der Waals surface area contributed by atoms with E-state index in [1.807, 2.05) is 0 Å². The highest BCUT2D eigenvalue weighted by Crippen LogP contribution is 2.32. The molecule has 9 nitrogen and oxygen atoms in total. The second-order valence-electron chi connectivity index (χ2n) is 8.42. The molecule has 1 aliphatic rings. The quantitative estimate of drug-likeness (QED) is 0.225. The van der Waals surface area contributed by atoms with E-state index >= 15 is 0 Å². The maximum absolute atomic E-state index is 13.0. The minimum atomic E-state index is -1.14. The van der Waals surface area contributed by atoms with Crippen molar-refractivity contribution in [3.8, 4) is 0 Å². The minimum Gasteiger partial charge on any atom is -0.459 e. The van der Waals surface area contributed by atoms with E-state index in [-0.39, 0.29) is 6.61 Å². The molecule has 0 aliphatic carbocycles. The summed E-state index contributed by atoms with van der Waals surface area (Å²) in [5.74, 6) is -1.90. The molecule has 3 aromatic rings. The lowest BCUT2D eigenvalue weighted by molar-refractivity contribution is -0.194. The van der Waals surface area contributed by atoms with Gasteiger partial charge in [0, 0.05) is 14.2 Å². The van der Waals surface area contributed by atoms with Gasteiger partial charge < -0.3 is 28.4 Å². The van der Waals surface area contributed by atoms with Crippen molar-refractivity contribution in [2.75, 3.05) is 20.8 Å². The number of rotatable bonds is 10. The number of ether oxygens (including phenoxy) is 6. The Morgan fingerprint density at radius 1 is 0.658 bits per heavy atom. The van der Waals surface area contributed by atoms with Gasteiger partial charge in [0.1, 0.15) is 18.8 Å². The minimum absolute atomic E-state index is 0.281. The van der Waals surface area contributed by atoms with Crippen molar-refractivity contribution in [3.63, 3.8) is 0 Å². The van der Waals surface area contributed by atoms with Crippen LogP contribution in [0, 0.1) is 0 Å². The van der Waals surface area contributed by atoms with E-state index in [2.05, 4.69) is 0 Å². The van der Waals surface area contributed by atoms with E-state index < -0.39 is 48.6 Å². The molecule has 1 saturated heterocycles. The molecule has 38 heavy (non-hydrogen) atoms. The number of esters is 3. The fraction of sp³-hybridized carbons (Fsp3) is 0.276. The van der Waals surface area contributed by atoms with Crippen LogP contribution in [0.5, 0.6) is 0 Å². The number of hydrogen-bond donors (Lipinski definition) is 0. The number of hydrogen-bond acceptors (Lipinski definition) is 9. The Balaban J connectivity index is 1.61. The zero-order chi connectivity index (χ0) is 26.9. The van der Waals surface area contributed by atoms with Gasteiger partial charge in [-0.1, -0.05) is 54.6 Å². The monoisotopic (exact) mass is 520 g/mol. The lowest BCUT2D eigenvalue weighted by Gasteiger charge is -2.27. The van der Waals surface area contributed by atoms with Crippen molar-refractivity contribution >= 4 is 17.9 Å². The van der Waals surface area contributed by atoms with Crippen molar-refractivity contribution in [1.29, 1.82) is 0 Å². The molecule has 1 heterocycles. The molecule has 0 bridgehead atoms. The largest absolute Gasteiger partial charge is 0.459 e. The lowest BCUT2D eigenvalue weighted by Crippen LogP contribution is -2.45. The lowest BCUT2D eigenvalue weighted by atomic mass is 10.1. The van der Waals surface area contributed by atoms with Gasteiger partial charge in [0.05, 0.1) is 16.7 Å². The van der Waals surface area contributed by atoms with Crippen LogP contribution in [-0.4, -0.2) is 69.4 Å². The van der Waals surface area contributed by atoms with Crippen molar-refractivity contribution < 1.29 is 42.8 Å². The topological polar surface area (TPSA) is 107 Å². The Hall–Kier alpha value is -4.05. The fourth-order valence-electron chi connectivity index (χ4n) is 4.10. The Morgan fingerprint density at radius 2 is 1.08 bits per heavy atom. The Labute approximate surface area is 220 Å². The Kier molecular flexibility index (Phi) is 9.21. The molecule has 0 spiro atoms. The predicted molar refractivity (Wildman–Crippen MR) is 134 cm³/mol. The second-order valence-corrected chi connectivity index (χ2v) is 8.42. The highest BCUT2D eigenvalue weighted by atomic mass is 16.7. The van der Waals surface area contributed by atoms with Crippen LogP contribution >= 0.6 is 0 Å². The molecular weight excluding hydrogens is 492 g/mol. The first-order valence-electron chi connectivity index (χ1n) is 12.0. The van der Waals surface area contributed by atoms with E-state index in [0.29, 0.717) is 16.7 Å². The molecule has 0 unspecified atom stereocenters. The number of benzene rings is 3. The first kappa shape index (κ1) is 27.0. The smallest absolute Gasteiger partial charge is 0.338 e. The number of methoxy groups -OCH3 is 2. The van der Waals surface area contributed by atoms with Crippen LogP contribution in [0.25, 0.3) is 0 Å². The van der Waals surface area contributed by atoms with Gasteiger partial charge in [-0.3, -0.25) is 0 Å². The summed E-state index contributed by atoms with van der Waals surface area (Å²) in [5.41, 5.74) is 0.933. The van der Waals surface area contributed by atoms with Crippen LogP contribution in [-0.2, 0) is 28.4 Å².